The topological polar surface area (TPSA) is 37.4 Å². The number of nitrogens with zero attached hydrogens (tertiary/aromatic N) is 1. The summed E-state index contributed by atoms with van der Waals surface area (Å²) in [7, 11) is -0.520. The molecule has 4 heteroatoms. The maximum absolute atomic E-state index is 11.7. The molecule has 1 amide bonds. The molecule has 0 saturated heterocycles. The van der Waals surface area contributed by atoms with Crippen LogP contribution in [0.25, 0.3) is 0 Å². The van der Waals surface area contributed by atoms with Crippen LogP contribution < -0.4 is 4.90 Å². The number of hydrogen-bond donors (Lipinski definition) is 0. The number of rotatable bonds is 3. The fourth-order valence-electron chi connectivity index (χ4n) is 1.56. The van der Waals surface area contributed by atoms with Gasteiger partial charge in [0.1, 0.15) is 0 Å². The Labute approximate surface area is 101 Å². The number of hydrogen-bond acceptors (Lipinski definition) is 2. The Hall–Kier alpha value is -1.99. The van der Waals surface area contributed by atoms with Gasteiger partial charge in [-0.1, -0.05) is 36.4 Å². The predicted molar refractivity (Wildman–Crippen MR) is 68.0 cm³/mol. The van der Waals surface area contributed by atoms with Crippen LogP contribution in [0.2, 0.25) is 0 Å². The van der Waals surface area contributed by atoms with Crippen molar-refractivity contribution >= 4 is 25.5 Å². The first-order valence-electron chi connectivity index (χ1n) is 5.10. The summed E-state index contributed by atoms with van der Waals surface area (Å²) in [5.74, 6) is 0. The van der Waals surface area contributed by atoms with E-state index in [1.807, 2.05) is 36.4 Å². The number of benzene rings is 2. The van der Waals surface area contributed by atoms with Crippen molar-refractivity contribution in [1.29, 1.82) is 0 Å². The van der Waals surface area contributed by atoms with Crippen LogP contribution in [0.1, 0.15) is 0 Å². The molecule has 0 radical (unpaired) electrons. The molecule has 0 N–H and O–H groups in total. The number of amides is 1. The van der Waals surface area contributed by atoms with Gasteiger partial charge in [-0.2, -0.15) is 0 Å². The van der Waals surface area contributed by atoms with Crippen LogP contribution >= 0.6 is 8.46 Å². The first kappa shape index (κ1) is 11.5. The second-order valence-electron chi connectivity index (χ2n) is 3.38. The van der Waals surface area contributed by atoms with Crippen molar-refractivity contribution in [3.63, 3.8) is 0 Å². The molecule has 0 saturated carbocycles. The first-order valence-corrected chi connectivity index (χ1v) is 5.91. The smallest absolute Gasteiger partial charge is 0.271 e. The zero-order valence-corrected chi connectivity index (χ0v) is 9.88. The molecular formula is C13H10NO2P. The molecule has 0 aliphatic rings. The van der Waals surface area contributed by atoms with Crippen molar-refractivity contribution < 1.29 is 9.36 Å². The molecule has 2 aromatic rings. The third-order valence-corrected chi connectivity index (χ3v) is 2.65. The van der Waals surface area contributed by atoms with Crippen LogP contribution in [-0.2, 0) is 4.57 Å². The summed E-state index contributed by atoms with van der Waals surface area (Å²) in [4.78, 5) is 13.1. The zero-order valence-electron chi connectivity index (χ0n) is 8.98. The lowest BCUT2D eigenvalue weighted by Gasteiger charge is -2.19. The van der Waals surface area contributed by atoms with E-state index in [2.05, 4.69) is 0 Å². The van der Waals surface area contributed by atoms with Crippen molar-refractivity contribution in [1.82, 2.24) is 0 Å². The Kier molecular flexibility index (Phi) is 3.63. The molecule has 0 heterocycles. The van der Waals surface area contributed by atoms with Gasteiger partial charge in [-0.3, -0.25) is 14.3 Å². The Morgan fingerprint density at radius 2 is 1.24 bits per heavy atom. The predicted octanol–water partition coefficient (Wildman–Crippen LogP) is 4.24. The SMILES string of the molecule is O=PC(=O)N(c1ccccc1)c1ccccc1. The van der Waals surface area contributed by atoms with Crippen molar-refractivity contribution in [2.45, 2.75) is 0 Å². The fourth-order valence-corrected chi connectivity index (χ4v) is 1.88. The monoisotopic (exact) mass is 243 g/mol. The molecule has 0 aliphatic heterocycles. The highest BCUT2D eigenvalue weighted by Gasteiger charge is 2.17. The summed E-state index contributed by atoms with van der Waals surface area (Å²) < 4.78 is 10.8. The highest BCUT2D eigenvalue weighted by Crippen LogP contribution is 2.27. The summed E-state index contributed by atoms with van der Waals surface area (Å²) >= 11 is 0. The van der Waals surface area contributed by atoms with E-state index in [4.69, 9.17) is 0 Å². The standard InChI is InChI=1S/C13H10NO2P/c15-13(17-16)14(11-7-3-1-4-8-11)12-9-5-2-6-10-12/h1-10H. The number of carbonyl (C=O) groups is 1. The van der Waals surface area contributed by atoms with Crippen molar-refractivity contribution in [2.24, 2.45) is 0 Å². The molecular weight excluding hydrogens is 233 g/mol. The molecule has 2 aromatic carbocycles. The molecule has 2 rings (SSSR count). The van der Waals surface area contributed by atoms with E-state index in [1.54, 1.807) is 24.3 Å². The van der Waals surface area contributed by atoms with Crippen LogP contribution in [0.5, 0.6) is 0 Å². The molecule has 0 atom stereocenters. The molecule has 17 heavy (non-hydrogen) atoms. The van der Waals surface area contributed by atoms with E-state index in [0.717, 1.165) is 0 Å². The highest BCUT2D eigenvalue weighted by atomic mass is 31.1. The zero-order chi connectivity index (χ0) is 12.1. The number of anilines is 2. The van der Waals surface area contributed by atoms with Gasteiger partial charge in [0.2, 0.25) is 0 Å². The minimum absolute atomic E-state index is 0.484. The summed E-state index contributed by atoms with van der Waals surface area (Å²) in [6.07, 6.45) is 0. The van der Waals surface area contributed by atoms with Gasteiger partial charge in [-0.05, 0) is 24.3 Å². The molecule has 0 aliphatic carbocycles. The Morgan fingerprint density at radius 3 is 1.59 bits per heavy atom. The number of carbonyl (C=O) groups excluding carboxylic acids is 1. The minimum Gasteiger partial charge on any atom is -0.271 e. The van der Waals surface area contributed by atoms with Crippen LogP contribution in [0.3, 0.4) is 0 Å². The molecule has 3 nitrogen and oxygen atoms in total. The van der Waals surface area contributed by atoms with Gasteiger partial charge < -0.3 is 0 Å². The average molecular weight is 243 g/mol. The summed E-state index contributed by atoms with van der Waals surface area (Å²) in [5, 5.41) is 0. The quantitative estimate of drug-likeness (QED) is 0.756. The van der Waals surface area contributed by atoms with Gasteiger partial charge >= 0.3 is 5.65 Å². The molecule has 0 aromatic heterocycles. The van der Waals surface area contributed by atoms with Gasteiger partial charge in [0.15, 0.2) is 0 Å². The van der Waals surface area contributed by atoms with Crippen LogP contribution in [0.4, 0.5) is 16.2 Å². The second-order valence-corrected chi connectivity index (χ2v) is 3.95. The van der Waals surface area contributed by atoms with Gasteiger partial charge in [0.25, 0.3) is 8.46 Å². The molecule has 0 fully saturated rings. The molecule has 0 spiro atoms. The van der Waals surface area contributed by atoms with Gasteiger partial charge in [0.05, 0.1) is 0 Å². The first-order chi connectivity index (χ1) is 8.33. The van der Waals surface area contributed by atoms with Gasteiger partial charge in [-0.15, -0.1) is 0 Å². The fraction of sp³-hybridized carbons (Fsp3) is 0. The van der Waals surface area contributed by atoms with E-state index in [1.165, 1.54) is 4.90 Å². The van der Waals surface area contributed by atoms with Crippen LogP contribution in [0, 0.1) is 0 Å². The molecule has 0 unspecified atom stereocenters. The molecule has 84 valence electrons. The highest BCUT2D eigenvalue weighted by molar-refractivity contribution is 7.46. The normalized spacial score (nSPS) is 10.1. The lowest BCUT2D eigenvalue weighted by Crippen LogP contribution is -2.19. The Morgan fingerprint density at radius 1 is 0.824 bits per heavy atom. The second kappa shape index (κ2) is 5.37. The van der Waals surface area contributed by atoms with E-state index in [0.29, 0.717) is 11.4 Å². The van der Waals surface area contributed by atoms with Gasteiger partial charge in [-0.25, -0.2) is 0 Å². The summed E-state index contributed by atoms with van der Waals surface area (Å²) in [6, 6.07) is 18.3. The Bertz CT molecular complexity index is 474. The third-order valence-electron chi connectivity index (χ3n) is 2.30. The maximum atomic E-state index is 11.7. The maximum Gasteiger partial charge on any atom is 0.323 e. The van der Waals surface area contributed by atoms with Crippen molar-refractivity contribution in [2.75, 3.05) is 4.90 Å². The van der Waals surface area contributed by atoms with Gasteiger partial charge in [0, 0.05) is 11.4 Å². The van der Waals surface area contributed by atoms with E-state index < -0.39 is 14.1 Å². The Balaban J connectivity index is 2.47. The van der Waals surface area contributed by atoms with Crippen molar-refractivity contribution in [3.8, 4) is 0 Å². The van der Waals surface area contributed by atoms with E-state index >= 15 is 0 Å². The number of para-hydroxylation sites is 2. The third kappa shape index (κ3) is 2.58. The molecule has 0 bridgehead atoms. The lowest BCUT2D eigenvalue weighted by molar-refractivity contribution is 0.266. The van der Waals surface area contributed by atoms with Crippen LogP contribution in [-0.4, -0.2) is 5.65 Å². The van der Waals surface area contributed by atoms with E-state index in [-0.39, 0.29) is 0 Å². The summed E-state index contributed by atoms with van der Waals surface area (Å²) in [5.41, 5.74) is 0.918. The average Bonchev–Trinajstić information content (AvgIpc) is 2.41. The lowest BCUT2D eigenvalue weighted by atomic mass is 10.2. The van der Waals surface area contributed by atoms with Crippen LogP contribution in [0.15, 0.2) is 60.7 Å². The van der Waals surface area contributed by atoms with E-state index in [9.17, 15) is 9.36 Å². The van der Waals surface area contributed by atoms with Crippen molar-refractivity contribution in [3.05, 3.63) is 60.7 Å². The largest absolute Gasteiger partial charge is 0.323 e. The summed E-state index contributed by atoms with van der Waals surface area (Å²) in [6.45, 7) is 0. The minimum atomic E-state index is -0.520.